The summed E-state index contributed by atoms with van der Waals surface area (Å²) in [7, 11) is 0. The number of aryl methyl sites for hydroxylation is 1. The summed E-state index contributed by atoms with van der Waals surface area (Å²) in [6.45, 7) is 4.89. The van der Waals surface area contributed by atoms with Gasteiger partial charge in [-0.25, -0.2) is 0 Å². The molecule has 2 N–H and O–H groups in total. The zero-order valence-corrected chi connectivity index (χ0v) is 14.2. The van der Waals surface area contributed by atoms with Crippen LogP contribution in [0.3, 0.4) is 0 Å². The molecule has 0 spiro atoms. The lowest BCUT2D eigenvalue weighted by molar-refractivity contribution is -0.118. The van der Waals surface area contributed by atoms with Gasteiger partial charge in [-0.1, -0.05) is 37.1 Å². The largest absolute Gasteiger partial charge is 0.388 e. The Morgan fingerprint density at radius 2 is 2.09 bits per heavy atom. The number of aromatic nitrogens is 2. The van der Waals surface area contributed by atoms with Gasteiger partial charge < -0.3 is 10.4 Å². The Hall–Kier alpha value is -1.85. The van der Waals surface area contributed by atoms with Gasteiger partial charge in [0.25, 0.3) is 0 Å². The van der Waals surface area contributed by atoms with E-state index in [1.165, 1.54) is 0 Å². The highest BCUT2D eigenvalue weighted by Gasteiger charge is 2.15. The minimum atomic E-state index is -0.859. The molecular weight excluding hydrogens is 314 g/mol. The molecule has 0 aliphatic carbocycles. The zero-order valence-electron chi connectivity index (χ0n) is 13.4. The first kappa shape index (κ1) is 17.5. The van der Waals surface area contributed by atoms with Crippen LogP contribution in [0.25, 0.3) is 0 Å². The third-order valence-corrected chi connectivity index (χ3v) is 3.99. The number of anilines is 1. The molecule has 1 aromatic carbocycles. The molecule has 1 heterocycles. The third kappa shape index (κ3) is 4.81. The normalized spacial score (nSPS) is 12.2. The highest BCUT2D eigenvalue weighted by Crippen LogP contribution is 2.21. The maximum atomic E-state index is 12.1. The molecule has 0 aliphatic heterocycles. The molecule has 0 bridgehead atoms. The van der Waals surface area contributed by atoms with Gasteiger partial charge in [-0.05, 0) is 31.0 Å². The van der Waals surface area contributed by atoms with E-state index in [0.29, 0.717) is 16.3 Å². The second-order valence-electron chi connectivity index (χ2n) is 5.54. The number of hydrogen-bond donors (Lipinski definition) is 2. The second-order valence-corrected chi connectivity index (χ2v) is 5.98. The van der Waals surface area contributed by atoms with Crippen LogP contribution in [0.15, 0.2) is 30.5 Å². The number of aliphatic hydroxyl groups excluding tert-OH is 1. The molecule has 23 heavy (non-hydrogen) atoms. The molecule has 1 unspecified atom stereocenters. The predicted molar refractivity (Wildman–Crippen MR) is 91.5 cm³/mol. The van der Waals surface area contributed by atoms with Crippen molar-refractivity contribution in [3.63, 3.8) is 0 Å². The number of benzene rings is 1. The van der Waals surface area contributed by atoms with Crippen LogP contribution in [0.2, 0.25) is 5.02 Å². The van der Waals surface area contributed by atoms with E-state index in [1.54, 1.807) is 30.5 Å². The molecule has 0 aliphatic rings. The number of nitrogens with one attached hydrogen (secondary N) is 1. The van der Waals surface area contributed by atoms with Crippen molar-refractivity contribution in [3.8, 4) is 0 Å². The van der Waals surface area contributed by atoms with E-state index in [2.05, 4.69) is 17.3 Å². The fourth-order valence-corrected chi connectivity index (χ4v) is 2.41. The summed E-state index contributed by atoms with van der Waals surface area (Å²) in [4.78, 5) is 12.1. The molecule has 0 saturated heterocycles. The van der Waals surface area contributed by atoms with E-state index in [-0.39, 0.29) is 12.3 Å². The predicted octanol–water partition coefficient (Wildman–Crippen LogP) is 3.71. The van der Waals surface area contributed by atoms with Crippen LogP contribution in [0.4, 0.5) is 5.69 Å². The van der Waals surface area contributed by atoms with Crippen molar-refractivity contribution in [1.82, 2.24) is 9.78 Å². The third-order valence-electron chi connectivity index (χ3n) is 3.73. The molecular formula is C17H22ClN3O2. The van der Waals surface area contributed by atoms with Gasteiger partial charge in [0.2, 0.25) is 5.91 Å². The minimum Gasteiger partial charge on any atom is -0.388 e. The lowest BCUT2D eigenvalue weighted by Gasteiger charge is -2.11. The lowest BCUT2D eigenvalue weighted by atomic mass is 10.1. The first-order chi connectivity index (χ1) is 11.0. The van der Waals surface area contributed by atoms with Gasteiger partial charge in [0.05, 0.1) is 30.1 Å². The van der Waals surface area contributed by atoms with Crippen molar-refractivity contribution < 1.29 is 9.90 Å². The number of carbonyl (C=O) groups is 1. The highest BCUT2D eigenvalue weighted by atomic mass is 35.5. The highest BCUT2D eigenvalue weighted by molar-refractivity contribution is 6.30. The Balaban J connectivity index is 1.94. The van der Waals surface area contributed by atoms with Crippen molar-refractivity contribution >= 4 is 23.2 Å². The van der Waals surface area contributed by atoms with Gasteiger partial charge in [0, 0.05) is 11.6 Å². The van der Waals surface area contributed by atoms with Gasteiger partial charge in [-0.15, -0.1) is 0 Å². The summed E-state index contributed by atoms with van der Waals surface area (Å²) in [6.07, 6.45) is 2.92. The Morgan fingerprint density at radius 3 is 2.74 bits per heavy atom. The van der Waals surface area contributed by atoms with Gasteiger partial charge in [-0.2, -0.15) is 5.10 Å². The van der Waals surface area contributed by atoms with E-state index in [0.717, 1.165) is 25.1 Å². The van der Waals surface area contributed by atoms with Gasteiger partial charge >= 0.3 is 0 Å². The molecule has 0 saturated carbocycles. The zero-order chi connectivity index (χ0) is 16.8. The Morgan fingerprint density at radius 1 is 1.39 bits per heavy atom. The molecule has 1 atom stereocenters. The Bertz CT molecular complexity index is 652. The number of nitrogens with zero attached hydrogens (tertiary/aromatic N) is 2. The number of carbonyl (C=O) groups excluding carboxylic acids is 1. The van der Waals surface area contributed by atoms with Crippen LogP contribution in [0.5, 0.6) is 0 Å². The van der Waals surface area contributed by atoms with Gasteiger partial charge in [0.15, 0.2) is 0 Å². The monoisotopic (exact) mass is 335 g/mol. The van der Waals surface area contributed by atoms with Crippen LogP contribution in [0.1, 0.15) is 43.5 Å². The summed E-state index contributed by atoms with van der Waals surface area (Å²) >= 11 is 5.82. The maximum Gasteiger partial charge on any atom is 0.227 e. The summed E-state index contributed by atoms with van der Waals surface area (Å²) in [6, 6.07) is 6.82. The summed E-state index contributed by atoms with van der Waals surface area (Å²) in [5.74, 6) is -0.245. The first-order valence-electron chi connectivity index (χ1n) is 7.77. The van der Waals surface area contributed by atoms with E-state index in [4.69, 9.17) is 11.6 Å². The fraction of sp³-hybridized carbons (Fsp3) is 0.412. The summed E-state index contributed by atoms with van der Waals surface area (Å²) < 4.78 is 1.88. The van der Waals surface area contributed by atoms with Crippen molar-refractivity contribution in [2.45, 2.75) is 45.8 Å². The molecule has 0 fully saturated rings. The quantitative estimate of drug-likeness (QED) is 0.810. The number of hydrogen-bond acceptors (Lipinski definition) is 3. The van der Waals surface area contributed by atoms with Gasteiger partial charge in [-0.3, -0.25) is 9.48 Å². The number of halogens is 1. The molecule has 1 aromatic heterocycles. The smallest absolute Gasteiger partial charge is 0.227 e. The van der Waals surface area contributed by atoms with Crippen LogP contribution in [-0.4, -0.2) is 20.8 Å². The number of aliphatic hydroxyl groups is 1. The molecule has 6 heteroatoms. The molecule has 2 aromatic rings. The number of amides is 1. The second kappa shape index (κ2) is 8.13. The molecule has 2 rings (SSSR count). The Labute approximate surface area is 141 Å². The van der Waals surface area contributed by atoms with Crippen LogP contribution >= 0.6 is 11.6 Å². The summed E-state index contributed by atoms with van der Waals surface area (Å²) in [5, 5.41) is 17.8. The summed E-state index contributed by atoms with van der Waals surface area (Å²) in [5.41, 5.74) is 2.28. The SMILES string of the molecule is CCCCn1ncc(NC(=O)CC(O)c2ccc(Cl)cc2)c1C. The fourth-order valence-electron chi connectivity index (χ4n) is 2.28. The van der Waals surface area contributed by atoms with E-state index in [9.17, 15) is 9.90 Å². The van der Waals surface area contributed by atoms with Crippen LogP contribution in [-0.2, 0) is 11.3 Å². The molecule has 1 amide bonds. The maximum absolute atomic E-state index is 12.1. The lowest BCUT2D eigenvalue weighted by Crippen LogP contribution is -2.16. The average molecular weight is 336 g/mol. The number of rotatable bonds is 7. The van der Waals surface area contributed by atoms with Crippen molar-refractivity contribution in [3.05, 3.63) is 46.7 Å². The Kier molecular flexibility index (Phi) is 6.19. The molecule has 124 valence electrons. The van der Waals surface area contributed by atoms with Crippen molar-refractivity contribution in [2.24, 2.45) is 0 Å². The van der Waals surface area contributed by atoms with E-state index < -0.39 is 6.10 Å². The minimum absolute atomic E-state index is 0.0127. The van der Waals surface area contributed by atoms with Crippen LogP contribution < -0.4 is 5.32 Å². The molecule has 0 radical (unpaired) electrons. The van der Waals surface area contributed by atoms with E-state index in [1.807, 2.05) is 11.6 Å². The topological polar surface area (TPSA) is 67.2 Å². The van der Waals surface area contributed by atoms with Crippen LogP contribution in [0, 0.1) is 6.92 Å². The van der Waals surface area contributed by atoms with Crippen molar-refractivity contribution in [2.75, 3.05) is 5.32 Å². The van der Waals surface area contributed by atoms with Crippen molar-refractivity contribution in [1.29, 1.82) is 0 Å². The standard InChI is InChI=1S/C17H22ClN3O2/c1-3-4-9-21-12(2)15(11-19-21)20-17(23)10-16(22)13-5-7-14(18)8-6-13/h5-8,11,16,22H,3-4,9-10H2,1-2H3,(H,20,23). The molecule has 5 nitrogen and oxygen atoms in total. The first-order valence-corrected chi connectivity index (χ1v) is 8.14. The van der Waals surface area contributed by atoms with E-state index >= 15 is 0 Å². The number of unbranched alkanes of at least 4 members (excludes halogenated alkanes) is 1. The van der Waals surface area contributed by atoms with Gasteiger partial charge in [0.1, 0.15) is 0 Å². The average Bonchev–Trinajstić information content (AvgIpc) is 2.86.